The molecule has 0 fully saturated rings. The molecule has 102 valence electrons. The maximum Gasteiger partial charge on any atom is 0.269 e. The van der Waals surface area contributed by atoms with Gasteiger partial charge in [0.2, 0.25) is 0 Å². The summed E-state index contributed by atoms with van der Waals surface area (Å²) in [5.41, 5.74) is 1.40. The van der Waals surface area contributed by atoms with Crippen molar-refractivity contribution in [3.05, 3.63) is 69.8 Å². The Hall–Kier alpha value is -2.69. The first-order chi connectivity index (χ1) is 9.56. The fourth-order valence-electron chi connectivity index (χ4n) is 1.71. The molecule has 0 saturated carbocycles. The van der Waals surface area contributed by atoms with Crippen molar-refractivity contribution in [3.8, 4) is 5.75 Å². The molecule has 5 heteroatoms. The molecule has 0 atom stereocenters. The van der Waals surface area contributed by atoms with E-state index in [9.17, 15) is 14.9 Å². The molecule has 2 aromatic rings. The number of carbonyl (C=O) groups excluding carboxylic acids is 1. The smallest absolute Gasteiger partial charge is 0.269 e. The van der Waals surface area contributed by atoms with E-state index in [0.717, 1.165) is 5.56 Å². The topological polar surface area (TPSA) is 69.4 Å². The fraction of sp³-hybridized carbons (Fsp3) is 0.133. The Morgan fingerprint density at radius 3 is 2.50 bits per heavy atom. The zero-order valence-electron chi connectivity index (χ0n) is 10.9. The minimum Gasteiger partial charge on any atom is -0.485 e. The van der Waals surface area contributed by atoms with Crippen molar-refractivity contribution in [3.63, 3.8) is 0 Å². The number of ether oxygens (including phenoxy) is 1. The second kappa shape index (κ2) is 5.97. The van der Waals surface area contributed by atoms with Crippen molar-refractivity contribution in [2.45, 2.75) is 6.92 Å². The SMILES string of the molecule is Cc1cccc(OCC(=O)c2ccc([N+](=O)[O-])cc2)c1. The van der Waals surface area contributed by atoms with E-state index in [0.29, 0.717) is 11.3 Å². The maximum absolute atomic E-state index is 11.9. The number of hydrogen-bond donors (Lipinski definition) is 0. The first-order valence-corrected chi connectivity index (χ1v) is 6.03. The maximum atomic E-state index is 11.9. The molecule has 0 aromatic heterocycles. The summed E-state index contributed by atoms with van der Waals surface area (Å²) in [6, 6.07) is 12.9. The van der Waals surface area contributed by atoms with E-state index in [-0.39, 0.29) is 18.1 Å². The Kier molecular flexibility index (Phi) is 4.10. The lowest BCUT2D eigenvalue weighted by molar-refractivity contribution is -0.384. The van der Waals surface area contributed by atoms with Crippen LogP contribution in [0.25, 0.3) is 0 Å². The van der Waals surface area contributed by atoms with E-state index in [2.05, 4.69) is 0 Å². The first-order valence-electron chi connectivity index (χ1n) is 6.03. The van der Waals surface area contributed by atoms with Gasteiger partial charge in [-0.05, 0) is 36.8 Å². The van der Waals surface area contributed by atoms with Crippen LogP contribution in [0.4, 0.5) is 5.69 Å². The number of non-ortho nitro benzene ring substituents is 1. The molecule has 0 unspecified atom stereocenters. The summed E-state index contributed by atoms with van der Waals surface area (Å²) >= 11 is 0. The molecule has 0 heterocycles. The molecule has 0 spiro atoms. The minimum absolute atomic E-state index is 0.0406. The summed E-state index contributed by atoms with van der Waals surface area (Å²) in [6.07, 6.45) is 0. The summed E-state index contributed by atoms with van der Waals surface area (Å²) < 4.78 is 5.40. The van der Waals surface area contributed by atoms with Gasteiger partial charge in [-0.15, -0.1) is 0 Å². The van der Waals surface area contributed by atoms with Crippen molar-refractivity contribution in [2.75, 3.05) is 6.61 Å². The molecule has 0 radical (unpaired) electrons. The molecular formula is C15H13NO4. The van der Waals surface area contributed by atoms with Gasteiger partial charge in [-0.3, -0.25) is 14.9 Å². The Labute approximate surface area is 116 Å². The van der Waals surface area contributed by atoms with E-state index < -0.39 is 4.92 Å². The summed E-state index contributed by atoms with van der Waals surface area (Å²) in [5, 5.41) is 10.5. The van der Waals surface area contributed by atoms with Crippen LogP contribution in [0.1, 0.15) is 15.9 Å². The minimum atomic E-state index is -0.502. The number of carbonyl (C=O) groups is 1. The third kappa shape index (κ3) is 3.41. The zero-order valence-corrected chi connectivity index (χ0v) is 10.9. The highest BCUT2D eigenvalue weighted by Gasteiger charge is 2.10. The van der Waals surface area contributed by atoms with Crippen LogP contribution in [0.2, 0.25) is 0 Å². The lowest BCUT2D eigenvalue weighted by Gasteiger charge is -2.06. The molecule has 2 aromatic carbocycles. The molecule has 5 nitrogen and oxygen atoms in total. The number of nitro groups is 1. The van der Waals surface area contributed by atoms with E-state index >= 15 is 0 Å². The van der Waals surface area contributed by atoms with Crippen molar-refractivity contribution >= 4 is 11.5 Å². The summed E-state index contributed by atoms with van der Waals surface area (Å²) in [5.74, 6) is 0.404. The fourth-order valence-corrected chi connectivity index (χ4v) is 1.71. The number of hydrogen-bond acceptors (Lipinski definition) is 4. The Bertz CT molecular complexity index is 635. The Balaban J connectivity index is 1.99. The number of ketones is 1. The normalized spacial score (nSPS) is 10.1. The highest BCUT2D eigenvalue weighted by atomic mass is 16.6. The Morgan fingerprint density at radius 1 is 1.20 bits per heavy atom. The summed E-state index contributed by atoms with van der Waals surface area (Å²) in [6.45, 7) is 1.84. The molecular weight excluding hydrogens is 258 g/mol. The molecule has 0 aliphatic carbocycles. The van der Waals surface area contributed by atoms with Crippen LogP contribution in [0.3, 0.4) is 0 Å². The highest BCUT2D eigenvalue weighted by molar-refractivity contribution is 5.97. The van der Waals surface area contributed by atoms with Gasteiger partial charge < -0.3 is 4.74 Å². The second-order valence-corrected chi connectivity index (χ2v) is 4.33. The predicted octanol–water partition coefficient (Wildman–Crippen LogP) is 3.16. The summed E-state index contributed by atoms with van der Waals surface area (Å²) in [7, 11) is 0. The number of nitro benzene ring substituents is 1. The van der Waals surface area contributed by atoms with E-state index in [1.54, 1.807) is 6.07 Å². The average Bonchev–Trinajstić information content (AvgIpc) is 2.45. The van der Waals surface area contributed by atoms with Gasteiger partial charge in [0.1, 0.15) is 5.75 Å². The molecule has 0 amide bonds. The van der Waals surface area contributed by atoms with Gasteiger partial charge in [-0.2, -0.15) is 0 Å². The van der Waals surface area contributed by atoms with Crippen LogP contribution in [0.5, 0.6) is 5.75 Å². The lowest BCUT2D eigenvalue weighted by atomic mass is 10.1. The molecule has 0 saturated heterocycles. The highest BCUT2D eigenvalue weighted by Crippen LogP contribution is 2.15. The number of rotatable bonds is 5. The molecule has 20 heavy (non-hydrogen) atoms. The van der Waals surface area contributed by atoms with Crippen molar-refractivity contribution in [1.29, 1.82) is 0 Å². The standard InChI is InChI=1S/C15H13NO4/c1-11-3-2-4-14(9-11)20-10-15(17)12-5-7-13(8-6-12)16(18)19/h2-9H,10H2,1H3. The monoisotopic (exact) mass is 271 g/mol. The number of aryl methyl sites for hydroxylation is 1. The van der Waals surface area contributed by atoms with Gasteiger partial charge in [0.15, 0.2) is 12.4 Å². The average molecular weight is 271 g/mol. The van der Waals surface area contributed by atoms with Crippen LogP contribution in [0.15, 0.2) is 48.5 Å². The largest absolute Gasteiger partial charge is 0.485 e. The van der Waals surface area contributed by atoms with E-state index in [4.69, 9.17) is 4.74 Å². The number of nitrogens with zero attached hydrogens (tertiary/aromatic N) is 1. The third-order valence-corrected chi connectivity index (χ3v) is 2.76. The van der Waals surface area contributed by atoms with Crippen LogP contribution < -0.4 is 4.74 Å². The van der Waals surface area contributed by atoms with Gasteiger partial charge in [0.05, 0.1) is 4.92 Å². The zero-order chi connectivity index (χ0) is 14.5. The predicted molar refractivity (Wildman–Crippen MR) is 74.1 cm³/mol. The van der Waals surface area contributed by atoms with Crippen LogP contribution in [-0.4, -0.2) is 17.3 Å². The Morgan fingerprint density at radius 2 is 1.90 bits per heavy atom. The molecule has 0 N–H and O–H groups in total. The van der Waals surface area contributed by atoms with Gasteiger partial charge in [-0.1, -0.05) is 12.1 Å². The van der Waals surface area contributed by atoms with Crippen molar-refractivity contribution < 1.29 is 14.5 Å². The quantitative estimate of drug-likeness (QED) is 0.476. The van der Waals surface area contributed by atoms with Crippen molar-refractivity contribution in [2.24, 2.45) is 0 Å². The molecule has 2 rings (SSSR count). The van der Waals surface area contributed by atoms with Gasteiger partial charge in [-0.25, -0.2) is 0 Å². The van der Waals surface area contributed by atoms with Crippen LogP contribution in [0, 0.1) is 17.0 Å². The molecule has 0 aliphatic heterocycles. The van der Waals surface area contributed by atoms with Crippen LogP contribution >= 0.6 is 0 Å². The first kappa shape index (κ1) is 13.7. The third-order valence-electron chi connectivity index (χ3n) is 2.76. The van der Waals surface area contributed by atoms with Crippen LogP contribution in [-0.2, 0) is 0 Å². The second-order valence-electron chi connectivity index (χ2n) is 4.33. The van der Waals surface area contributed by atoms with Gasteiger partial charge >= 0.3 is 0 Å². The van der Waals surface area contributed by atoms with E-state index in [1.165, 1.54) is 24.3 Å². The van der Waals surface area contributed by atoms with E-state index in [1.807, 2.05) is 25.1 Å². The molecule has 0 aliphatic rings. The molecule has 0 bridgehead atoms. The number of benzene rings is 2. The number of Topliss-reactive ketones (excluding diaryl/α,β-unsaturated/α-hetero) is 1. The lowest BCUT2D eigenvalue weighted by Crippen LogP contribution is -2.11. The van der Waals surface area contributed by atoms with Gasteiger partial charge in [0, 0.05) is 17.7 Å². The van der Waals surface area contributed by atoms with Crippen molar-refractivity contribution in [1.82, 2.24) is 0 Å². The van der Waals surface area contributed by atoms with Gasteiger partial charge in [0.25, 0.3) is 5.69 Å². The summed E-state index contributed by atoms with van der Waals surface area (Å²) in [4.78, 5) is 21.9.